The molecule has 9 heteroatoms. The number of pyridine rings is 1. The van der Waals surface area contributed by atoms with Crippen molar-refractivity contribution in [3.8, 4) is 11.1 Å². The van der Waals surface area contributed by atoms with Crippen molar-refractivity contribution in [2.45, 2.75) is 13.1 Å². The Morgan fingerprint density at radius 3 is 2.58 bits per heavy atom. The Morgan fingerprint density at radius 2 is 1.79 bits per heavy atom. The van der Waals surface area contributed by atoms with Crippen molar-refractivity contribution in [2.24, 2.45) is 7.05 Å². The maximum Gasteiger partial charge on any atom is 0.272 e. The average molecular weight is 575 g/mol. The number of aromatic nitrogens is 2. The fourth-order valence-electron chi connectivity index (χ4n) is 5.04. The number of anilines is 2. The highest BCUT2D eigenvalue weighted by Gasteiger charge is 2.26. The number of hydrogen-bond donors (Lipinski definition) is 2. The highest BCUT2D eigenvalue weighted by molar-refractivity contribution is 9.10. The first-order valence-electron chi connectivity index (χ1n) is 11.9. The predicted molar refractivity (Wildman–Crippen MR) is 146 cm³/mol. The van der Waals surface area contributed by atoms with Crippen LogP contribution in [0.3, 0.4) is 0 Å². The van der Waals surface area contributed by atoms with Gasteiger partial charge in [-0.1, -0.05) is 15.9 Å². The monoisotopic (exact) mass is 574 g/mol. The van der Waals surface area contributed by atoms with Gasteiger partial charge < -0.3 is 19.8 Å². The molecule has 2 N–H and O–H groups in total. The van der Waals surface area contributed by atoms with Gasteiger partial charge in [0.05, 0.1) is 6.54 Å². The number of halogens is 3. The van der Waals surface area contributed by atoms with E-state index in [2.05, 4.69) is 26.2 Å². The molecular weight excluding hydrogens is 554 g/mol. The number of nitrogens with one attached hydrogen (secondary N) is 2. The van der Waals surface area contributed by atoms with Crippen LogP contribution in [0.1, 0.15) is 21.5 Å². The first-order valence-corrected chi connectivity index (χ1v) is 12.7. The summed E-state index contributed by atoms with van der Waals surface area (Å²) in [6.45, 7) is 0.575. The van der Waals surface area contributed by atoms with Crippen LogP contribution in [0.4, 0.5) is 20.2 Å². The highest BCUT2D eigenvalue weighted by atomic mass is 79.9. The number of carbonyl (C=O) groups excluding carboxylic acids is 1. The molecule has 0 bridgehead atoms. The Kier molecular flexibility index (Phi) is 5.87. The number of rotatable bonds is 4. The molecule has 0 fully saturated rings. The number of aryl methyl sites for hydroxylation is 1. The Hall–Kier alpha value is -4.24. The number of amides is 1. The van der Waals surface area contributed by atoms with E-state index in [9.17, 15) is 18.4 Å². The van der Waals surface area contributed by atoms with Crippen LogP contribution in [-0.4, -0.2) is 15.5 Å². The quantitative estimate of drug-likeness (QED) is 0.270. The molecule has 0 radical (unpaired) electrons. The number of carbonyl (C=O) groups is 1. The maximum absolute atomic E-state index is 13.7. The fraction of sp³-hybridized carbons (Fsp3) is 0.103. The Morgan fingerprint density at radius 1 is 1.03 bits per heavy atom. The molecular formula is C29H21BrF2N4O2. The van der Waals surface area contributed by atoms with Gasteiger partial charge in [-0.25, -0.2) is 8.78 Å². The summed E-state index contributed by atoms with van der Waals surface area (Å²) < 4.78 is 29.9. The van der Waals surface area contributed by atoms with Crippen LogP contribution < -0.4 is 15.8 Å². The second-order valence-corrected chi connectivity index (χ2v) is 10.1. The standard InChI is InChI=1S/C29H21BrF2N4O2/c1-35-15-23-22-11-16(28(37)33-12-17-10-20(32)5-8-24(17)30)2-9-25(22)36(21-6-3-19(31)4-7-21)14-18-13-34-29(38)27(35)26(18)23/h2-11,13,15H,12,14H2,1H3,(H,33,37)(H,34,38). The van der Waals surface area contributed by atoms with Crippen molar-refractivity contribution < 1.29 is 13.6 Å². The number of fused-ring (bicyclic) bond motifs is 2. The summed E-state index contributed by atoms with van der Waals surface area (Å²) in [5.74, 6) is -1.04. The van der Waals surface area contributed by atoms with E-state index in [4.69, 9.17) is 0 Å². The molecule has 1 amide bonds. The van der Waals surface area contributed by atoms with Crippen LogP contribution in [0.15, 0.2) is 82.3 Å². The second-order valence-electron chi connectivity index (χ2n) is 9.23. The zero-order valence-corrected chi connectivity index (χ0v) is 21.8. The zero-order valence-electron chi connectivity index (χ0n) is 20.2. The van der Waals surface area contributed by atoms with Gasteiger partial charge in [0.25, 0.3) is 11.5 Å². The average Bonchev–Trinajstić information content (AvgIpc) is 3.20. The minimum atomic E-state index is -0.384. The fourth-order valence-corrected chi connectivity index (χ4v) is 5.43. The molecule has 2 aromatic heterocycles. The van der Waals surface area contributed by atoms with E-state index in [1.807, 2.05) is 24.2 Å². The van der Waals surface area contributed by atoms with Gasteiger partial charge in [0.15, 0.2) is 0 Å². The highest BCUT2D eigenvalue weighted by Crippen LogP contribution is 2.44. The van der Waals surface area contributed by atoms with Crippen molar-refractivity contribution in [1.82, 2.24) is 14.9 Å². The molecule has 0 unspecified atom stereocenters. The van der Waals surface area contributed by atoms with Gasteiger partial charge in [-0.05, 0) is 71.8 Å². The molecule has 0 aliphatic carbocycles. The lowest BCUT2D eigenvalue weighted by Gasteiger charge is -2.26. The molecule has 190 valence electrons. The largest absolute Gasteiger partial charge is 0.348 e. The van der Waals surface area contributed by atoms with Gasteiger partial charge >= 0.3 is 0 Å². The van der Waals surface area contributed by atoms with Crippen molar-refractivity contribution >= 4 is 44.1 Å². The van der Waals surface area contributed by atoms with Crippen molar-refractivity contribution in [3.63, 3.8) is 0 Å². The zero-order chi connectivity index (χ0) is 26.6. The Bertz CT molecular complexity index is 1790. The summed E-state index contributed by atoms with van der Waals surface area (Å²) in [6.07, 6.45) is 3.60. The lowest BCUT2D eigenvalue weighted by Crippen LogP contribution is -2.23. The van der Waals surface area contributed by atoms with E-state index < -0.39 is 0 Å². The van der Waals surface area contributed by atoms with Gasteiger partial charge in [-0.15, -0.1) is 0 Å². The minimum absolute atomic E-state index is 0.143. The first-order chi connectivity index (χ1) is 18.3. The van der Waals surface area contributed by atoms with Gasteiger partial charge in [-0.3, -0.25) is 9.59 Å². The van der Waals surface area contributed by atoms with E-state index in [1.165, 1.54) is 24.3 Å². The third-order valence-corrected chi connectivity index (χ3v) is 7.62. The number of H-pyrrole nitrogens is 1. The minimum Gasteiger partial charge on any atom is -0.348 e. The molecule has 3 heterocycles. The summed E-state index contributed by atoms with van der Waals surface area (Å²) in [5.41, 5.74) is 5.45. The van der Waals surface area contributed by atoms with Gasteiger partial charge in [-0.2, -0.15) is 0 Å². The van der Waals surface area contributed by atoms with Crippen LogP contribution in [0.5, 0.6) is 0 Å². The molecule has 6 rings (SSSR count). The van der Waals surface area contributed by atoms with Crippen LogP contribution in [0.25, 0.3) is 22.0 Å². The van der Waals surface area contributed by atoms with Gasteiger partial charge in [0.1, 0.15) is 17.2 Å². The molecule has 0 saturated carbocycles. The first kappa shape index (κ1) is 24.1. The smallest absolute Gasteiger partial charge is 0.272 e. The predicted octanol–water partition coefficient (Wildman–Crippen LogP) is 6.16. The molecule has 5 aromatic rings. The summed E-state index contributed by atoms with van der Waals surface area (Å²) in [7, 11) is 1.82. The third kappa shape index (κ3) is 4.09. The van der Waals surface area contributed by atoms with Crippen molar-refractivity contribution in [3.05, 3.63) is 116 Å². The molecule has 1 aliphatic heterocycles. The Labute approximate surface area is 224 Å². The summed E-state index contributed by atoms with van der Waals surface area (Å²) >= 11 is 3.39. The van der Waals surface area contributed by atoms with Gasteiger partial charge in [0, 0.05) is 63.9 Å². The molecule has 0 saturated heterocycles. The summed E-state index contributed by atoms with van der Waals surface area (Å²) in [5, 5.41) is 3.67. The van der Waals surface area contributed by atoms with Crippen LogP contribution in [-0.2, 0) is 20.1 Å². The van der Waals surface area contributed by atoms with Crippen LogP contribution in [0, 0.1) is 11.6 Å². The molecule has 1 aliphatic rings. The van der Waals surface area contributed by atoms with Crippen molar-refractivity contribution in [1.29, 1.82) is 0 Å². The molecule has 38 heavy (non-hydrogen) atoms. The van der Waals surface area contributed by atoms with E-state index in [0.717, 1.165) is 33.5 Å². The molecule has 3 aromatic carbocycles. The van der Waals surface area contributed by atoms with Crippen LogP contribution in [0.2, 0.25) is 0 Å². The summed E-state index contributed by atoms with van der Waals surface area (Å²) in [4.78, 5) is 30.8. The maximum atomic E-state index is 13.7. The lowest BCUT2D eigenvalue weighted by atomic mass is 9.99. The topological polar surface area (TPSA) is 70.1 Å². The third-order valence-electron chi connectivity index (χ3n) is 6.85. The molecule has 6 nitrogen and oxygen atoms in total. The van der Waals surface area contributed by atoms with E-state index in [1.54, 1.807) is 41.1 Å². The second kappa shape index (κ2) is 9.25. The number of hydrogen-bond acceptors (Lipinski definition) is 3. The SMILES string of the molecule is Cn1cc2c3c(c[nH]c(=O)c31)CN(c1ccc(F)cc1)c1ccc(C(=O)NCc3cc(F)ccc3Br)cc1-2. The van der Waals surface area contributed by atoms with Crippen LogP contribution >= 0.6 is 15.9 Å². The molecule has 0 spiro atoms. The molecule has 0 atom stereocenters. The number of benzene rings is 3. The van der Waals surface area contributed by atoms with Crippen molar-refractivity contribution in [2.75, 3.05) is 4.90 Å². The summed E-state index contributed by atoms with van der Waals surface area (Å²) in [6, 6.07) is 15.9. The Balaban J connectivity index is 1.47. The van der Waals surface area contributed by atoms with E-state index in [0.29, 0.717) is 27.7 Å². The normalized spacial score (nSPS) is 12.4. The van der Waals surface area contributed by atoms with E-state index in [-0.39, 0.29) is 29.6 Å². The van der Waals surface area contributed by atoms with Gasteiger partial charge in [0.2, 0.25) is 0 Å². The number of aromatic amines is 1. The van der Waals surface area contributed by atoms with E-state index >= 15 is 0 Å². The number of nitrogens with zero attached hydrogens (tertiary/aromatic N) is 2. The lowest BCUT2D eigenvalue weighted by molar-refractivity contribution is 0.0951.